The predicted octanol–water partition coefficient (Wildman–Crippen LogP) is 3.94. The zero-order chi connectivity index (χ0) is 22.2. The number of furan rings is 1. The lowest BCUT2D eigenvalue weighted by atomic mass is 9.95. The van der Waals surface area contributed by atoms with Gasteiger partial charge in [-0.3, -0.25) is 4.79 Å². The van der Waals surface area contributed by atoms with Crippen molar-refractivity contribution in [2.24, 2.45) is 5.92 Å². The highest BCUT2D eigenvalue weighted by Gasteiger charge is 2.31. The Bertz CT molecular complexity index is 1270. The summed E-state index contributed by atoms with van der Waals surface area (Å²) in [5.41, 5.74) is 3.65. The largest absolute Gasteiger partial charge is 0.450 e. The summed E-state index contributed by atoms with van der Waals surface area (Å²) in [5.74, 6) is 1.22. The molecule has 0 aliphatic carbocycles. The van der Waals surface area contributed by atoms with Crippen molar-refractivity contribution in [3.63, 3.8) is 0 Å². The summed E-state index contributed by atoms with van der Waals surface area (Å²) >= 11 is 0. The van der Waals surface area contributed by atoms with E-state index in [4.69, 9.17) is 4.42 Å². The van der Waals surface area contributed by atoms with Crippen LogP contribution in [0.4, 0.5) is 11.5 Å². The molecular weight excluding hydrogens is 414 g/mol. The molecule has 0 bridgehead atoms. The number of nitrogens with zero attached hydrogens (tertiary/aromatic N) is 5. The van der Waals surface area contributed by atoms with E-state index in [0.29, 0.717) is 5.91 Å². The Morgan fingerprint density at radius 2 is 1.55 bits per heavy atom. The summed E-state index contributed by atoms with van der Waals surface area (Å²) in [7, 11) is 0. The number of carbonyl (C=O) groups is 1. The maximum atomic E-state index is 13.2. The van der Waals surface area contributed by atoms with E-state index in [0.717, 1.165) is 80.0 Å². The predicted molar refractivity (Wildman–Crippen MR) is 129 cm³/mol. The van der Waals surface area contributed by atoms with Gasteiger partial charge >= 0.3 is 0 Å². The number of para-hydroxylation sites is 2. The zero-order valence-corrected chi connectivity index (χ0v) is 18.6. The van der Waals surface area contributed by atoms with E-state index in [2.05, 4.69) is 48.9 Å². The Morgan fingerprint density at radius 3 is 2.33 bits per heavy atom. The molecule has 4 heterocycles. The van der Waals surface area contributed by atoms with Crippen molar-refractivity contribution < 1.29 is 9.21 Å². The van der Waals surface area contributed by atoms with E-state index < -0.39 is 0 Å². The van der Waals surface area contributed by atoms with Crippen molar-refractivity contribution in [2.45, 2.75) is 12.8 Å². The van der Waals surface area contributed by atoms with E-state index in [1.54, 1.807) is 6.33 Å². The molecule has 0 atom stereocenters. The average molecular weight is 442 g/mol. The molecule has 7 heteroatoms. The molecule has 2 aromatic carbocycles. The van der Waals surface area contributed by atoms with Crippen LogP contribution in [0.3, 0.4) is 0 Å². The maximum absolute atomic E-state index is 13.2. The summed E-state index contributed by atoms with van der Waals surface area (Å²) in [5, 5.41) is 1.01. The van der Waals surface area contributed by atoms with Gasteiger partial charge in [0, 0.05) is 56.3 Å². The van der Waals surface area contributed by atoms with Crippen molar-refractivity contribution in [3.05, 3.63) is 60.9 Å². The summed E-state index contributed by atoms with van der Waals surface area (Å²) in [6.45, 7) is 4.95. The summed E-state index contributed by atoms with van der Waals surface area (Å²) < 4.78 is 6.11. The third-order valence-corrected chi connectivity index (χ3v) is 7.00. The number of benzene rings is 2. The van der Waals surface area contributed by atoms with Gasteiger partial charge in [0.2, 0.25) is 5.91 Å². The van der Waals surface area contributed by atoms with Crippen molar-refractivity contribution in [1.82, 2.24) is 14.9 Å². The van der Waals surface area contributed by atoms with Gasteiger partial charge < -0.3 is 19.1 Å². The molecule has 168 valence electrons. The quantitative estimate of drug-likeness (QED) is 0.480. The van der Waals surface area contributed by atoms with Crippen molar-refractivity contribution >= 4 is 39.5 Å². The number of carbonyl (C=O) groups excluding carboxylic acids is 1. The molecule has 2 aliphatic rings. The standard InChI is InChI=1S/C26H27N5O2/c32-26(31-16-14-29(15-17-31)20-6-2-1-3-7-20)19-10-12-30(13-11-19)25-24-23(27-18-28-25)21-8-4-5-9-22(21)33-24/h1-9,18-19H,10-17H2. The van der Waals surface area contributed by atoms with Crippen LogP contribution in [0, 0.1) is 5.92 Å². The van der Waals surface area contributed by atoms with Crippen LogP contribution >= 0.6 is 0 Å². The van der Waals surface area contributed by atoms with E-state index in [1.807, 2.05) is 30.3 Å². The Hall–Kier alpha value is -3.61. The van der Waals surface area contributed by atoms with Gasteiger partial charge in [-0.15, -0.1) is 0 Å². The second-order valence-corrected chi connectivity index (χ2v) is 8.88. The minimum atomic E-state index is 0.0810. The van der Waals surface area contributed by atoms with Crippen molar-refractivity contribution in [2.75, 3.05) is 49.1 Å². The molecule has 2 aliphatic heterocycles. The van der Waals surface area contributed by atoms with Crippen LogP contribution in [0.5, 0.6) is 0 Å². The highest BCUT2D eigenvalue weighted by atomic mass is 16.3. The molecule has 2 aromatic heterocycles. The van der Waals surface area contributed by atoms with Gasteiger partial charge in [0.25, 0.3) is 0 Å². The maximum Gasteiger partial charge on any atom is 0.225 e. The van der Waals surface area contributed by atoms with Crippen LogP contribution in [-0.4, -0.2) is 60.0 Å². The lowest BCUT2D eigenvalue weighted by molar-refractivity contribution is -0.136. The lowest BCUT2D eigenvalue weighted by Crippen LogP contribution is -2.51. The smallest absolute Gasteiger partial charge is 0.225 e. The number of piperidine rings is 1. The number of rotatable bonds is 3. The number of amides is 1. The molecule has 0 saturated carbocycles. The zero-order valence-electron chi connectivity index (χ0n) is 18.6. The first-order chi connectivity index (χ1) is 16.3. The monoisotopic (exact) mass is 441 g/mol. The van der Waals surface area contributed by atoms with Crippen LogP contribution in [0.25, 0.3) is 22.1 Å². The van der Waals surface area contributed by atoms with Crippen LogP contribution in [0.2, 0.25) is 0 Å². The summed E-state index contributed by atoms with van der Waals surface area (Å²) in [6.07, 6.45) is 3.29. The van der Waals surface area contributed by atoms with E-state index >= 15 is 0 Å². The van der Waals surface area contributed by atoms with Crippen molar-refractivity contribution in [3.8, 4) is 0 Å². The van der Waals surface area contributed by atoms with Crippen LogP contribution in [0.15, 0.2) is 65.3 Å². The molecule has 0 spiro atoms. The normalized spacial score (nSPS) is 17.8. The van der Waals surface area contributed by atoms with Gasteiger partial charge in [-0.25, -0.2) is 9.97 Å². The Labute approximate surface area is 192 Å². The van der Waals surface area contributed by atoms with E-state index in [1.165, 1.54) is 5.69 Å². The molecular formula is C26H27N5O2. The first kappa shape index (κ1) is 20.0. The second kappa shape index (κ2) is 8.39. The summed E-state index contributed by atoms with van der Waals surface area (Å²) in [4.78, 5) is 28.9. The lowest BCUT2D eigenvalue weighted by Gasteiger charge is -2.39. The van der Waals surface area contributed by atoms with Gasteiger partial charge in [0.05, 0.1) is 0 Å². The van der Waals surface area contributed by atoms with Crippen molar-refractivity contribution in [1.29, 1.82) is 0 Å². The van der Waals surface area contributed by atoms with Gasteiger partial charge in [-0.05, 0) is 37.1 Å². The Balaban J connectivity index is 1.11. The fraction of sp³-hybridized carbons (Fsp3) is 0.346. The molecule has 2 fully saturated rings. The molecule has 4 aromatic rings. The number of piperazine rings is 1. The third-order valence-electron chi connectivity index (χ3n) is 7.00. The molecule has 0 unspecified atom stereocenters. The number of hydrogen-bond donors (Lipinski definition) is 0. The minimum absolute atomic E-state index is 0.0810. The average Bonchev–Trinajstić information content (AvgIpc) is 3.28. The number of aromatic nitrogens is 2. The van der Waals surface area contributed by atoms with E-state index in [9.17, 15) is 4.79 Å². The van der Waals surface area contributed by atoms with Gasteiger partial charge in [-0.2, -0.15) is 0 Å². The number of fused-ring (bicyclic) bond motifs is 3. The van der Waals surface area contributed by atoms with E-state index in [-0.39, 0.29) is 5.92 Å². The SMILES string of the molecule is O=C(C1CCN(c2ncnc3c2oc2ccccc23)CC1)N1CCN(c2ccccc2)CC1. The molecule has 7 nitrogen and oxygen atoms in total. The molecule has 1 amide bonds. The molecule has 2 saturated heterocycles. The molecule has 0 N–H and O–H groups in total. The van der Waals surface area contributed by atoms with Gasteiger partial charge in [0.1, 0.15) is 17.4 Å². The fourth-order valence-electron chi connectivity index (χ4n) is 5.16. The third kappa shape index (κ3) is 3.67. The van der Waals surface area contributed by atoms with Gasteiger partial charge in [-0.1, -0.05) is 30.3 Å². The molecule has 33 heavy (non-hydrogen) atoms. The van der Waals surface area contributed by atoms with Crippen LogP contribution in [0.1, 0.15) is 12.8 Å². The highest BCUT2D eigenvalue weighted by molar-refractivity contribution is 6.05. The topological polar surface area (TPSA) is 65.7 Å². The van der Waals surface area contributed by atoms with Crippen LogP contribution < -0.4 is 9.80 Å². The Kier molecular flexibility index (Phi) is 5.09. The minimum Gasteiger partial charge on any atom is -0.450 e. The first-order valence-electron chi connectivity index (χ1n) is 11.7. The van der Waals surface area contributed by atoms with Gasteiger partial charge in [0.15, 0.2) is 11.4 Å². The number of anilines is 2. The number of hydrogen-bond acceptors (Lipinski definition) is 6. The summed E-state index contributed by atoms with van der Waals surface area (Å²) in [6, 6.07) is 18.4. The molecule has 0 radical (unpaired) electrons. The highest BCUT2D eigenvalue weighted by Crippen LogP contribution is 2.34. The van der Waals surface area contributed by atoms with Crippen LogP contribution in [-0.2, 0) is 4.79 Å². The Morgan fingerprint density at radius 1 is 0.818 bits per heavy atom. The first-order valence-corrected chi connectivity index (χ1v) is 11.7. The second-order valence-electron chi connectivity index (χ2n) is 8.88. The molecule has 6 rings (SSSR count). The fourth-order valence-corrected chi connectivity index (χ4v) is 5.16.